The van der Waals surface area contributed by atoms with Crippen LogP contribution in [0.4, 0.5) is 4.79 Å². The van der Waals surface area contributed by atoms with E-state index in [0.29, 0.717) is 35.5 Å². The van der Waals surface area contributed by atoms with E-state index in [1.807, 2.05) is 6.92 Å². The monoisotopic (exact) mass is 416 g/mol. The van der Waals surface area contributed by atoms with Crippen LogP contribution in [0.3, 0.4) is 0 Å². The van der Waals surface area contributed by atoms with Crippen molar-refractivity contribution in [3.05, 3.63) is 46.2 Å². The van der Waals surface area contributed by atoms with Gasteiger partial charge in [-0.15, -0.1) is 0 Å². The van der Waals surface area contributed by atoms with Crippen molar-refractivity contribution in [2.75, 3.05) is 27.3 Å². The molecule has 1 aromatic carbocycles. The average molecular weight is 417 g/mol. The highest BCUT2D eigenvalue weighted by Crippen LogP contribution is 2.40. The predicted molar refractivity (Wildman–Crippen MR) is 108 cm³/mol. The first-order chi connectivity index (χ1) is 13.8. The molecular weight excluding hydrogens is 396 g/mol. The van der Waals surface area contributed by atoms with Crippen molar-refractivity contribution < 1.29 is 19.1 Å². The molecule has 1 heterocycles. The number of carbonyl (C=O) groups excluding carboxylic acids is 2. The molecule has 0 saturated carbocycles. The number of carbonyl (C=O) groups is 2. The zero-order valence-corrected chi connectivity index (χ0v) is 17.1. The highest BCUT2D eigenvalue weighted by Gasteiger charge is 2.21. The van der Waals surface area contributed by atoms with E-state index in [1.54, 1.807) is 32.3 Å². The van der Waals surface area contributed by atoms with E-state index >= 15 is 0 Å². The van der Waals surface area contributed by atoms with E-state index in [-0.39, 0.29) is 28.8 Å². The van der Waals surface area contributed by atoms with Crippen LogP contribution in [0.2, 0.25) is 5.02 Å². The number of primary amides is 1. The molecule has 0 radical (unpaired) electrons. The third-order valence-electron chi connectivity index (χ3n) is 4.00. The molecule has 29 heavy (non-hydrogen) atoms. The van der Waals surface area contributed by atoms with Crippen molar-refractivity contribution in [3.8, 4) is 22.9 Å². The van der Waals surface area contributed by atoms with Crippen LogP contribution in [0.1, 0.15) is 28.5 Å². The highest BCUT2D eigenvalue weighted by molar-refractivity contribution is 6.32. The number of nitrogens with two attached hydrogens (primary N) is 1. The maximum Gasteiger partial charge on any atom is 0.404 e. The minimum Gasteiger partial charge on any atom is -0.493 e. The van der Waals surface area contributed by atoms with Crippen LogP contribution in [0.5, 0.6) is 5.75 Å². The van der Waals surface area contributed by atoms with Gasteiger partial charge >= 0.3 is 6.09 Å². The third kappa shape index (κ3) is 5.15. The van der Waals surface area contributed by atoms with Crippen LogP contribution in [-0.2, 0) is 11.2 Å². The Hall–Kier alpha value is -3.31. The summed E-state index contributed by atoms with van der Waals surface area (Å²) in [4.78, 5) is 28.6. The van der Waals surface area contributed by atoms with Gasteiger partial charge in [0.2, 0.25) is 0 Å². The van der Waals surface area contributed by atoms with Crippen LogP contribution in [0.25, 0.3) is 11.1 Å². The molecule has 0 bridgehead atoms. The van der Waals surface area contributed by atoms with Crippen LogP contribution < -0.4 is 10.5 Å². The zero-order valence-electron chi connectivity index (χ0n) is 16.4. The van der Waals surface area contributed by atoms with E-state index in [0.717, 1.165) is 0 Å². The molecule has 2 rings (SSSR count). The quantitative estimate of drug-likeness (QED) is 0.740. The Bertz CT molecular complexity index is 952. The lowest BCUT2D eigenvalue weighted by atomic mass is 9.95. The third-order valence-corrected chi connectivity index (χ3v) is 4.30. The highest BCUT2D eigenvalue weighted by atomic mass is 35.5. The van der Waals surface area contributed by atoms with E-state index in [1.165, 1.54) is 11.1 Å². The van der Waals surface area contributed by atoms with E-state index in [4.69, 9.17) is 26.8 Å². The van der Waals surface area contributed by atoms with Gasteiger partial charge in [0.25, 0.3) is 5.91 Å². The summed E-state index contributed by atoms with van der Waals surface area (Å²) in [5.74, 6) is 0.201. The SMILES string of the molecule is CCOc1c(CCOC(N)=O)cc(Cl)c(C#N)c1-c1ccc(C(=O)N(C)C)nc1. The second kappa shape index (κ2) is 9.75. The van der Waals surface area contributed by atoms with Gasteiger partial charge in [-0.05, 0) is 24.6 Å². The van der Waals surface area contributed by atoms with Crippen molar-refractivity contribution in [3.63, 3.8) is 0 Å². The Kier molecular flexibility index (Phi) is 7.39. The first kappa shape index (κ1) is 22.0. The number of hydrogen-bond acceptors (Lipinski definition) is 6. The summed E-state index contributed by atoms with van der Waals surface area (Å²) in [5.41, 5.74) is 7.19. The minimum absolute atomic E-state index is 0.0333. The molecule has 8 nitrogen and oxygen atoms in total. The molecule has 0 unspecified atom stereocenters. The largest absolute Gasteiger partial charge is 0.493 e. The minimum atomic E-state index is -0.881. The van der Waals surface area contributed by atoms with Crippen molar-refractivity contribution in [2.24, 2.45) is 5.73 Å². The molecule has 0 fully saturated rings. The summed E-state index contributed by atoms with van der Waals surface area (Å²) in [5, 5.41) is 9.88. The topological polar surface area (TPSA) is 119 Å². The summed E-state index contributed by atoms with van der Waals surface area (Å²) in [6.45, 7) is 2.19. The van der Waals surface area contributed by atoms with Gasteiger partial charge in [0.05, 0.1) is 23.8 Å². The Balaban J connectivity index is 2.58. The Morgan fingerprint density at radius 1 is 1.34 bits per heavy atom. The molecule has 0 atom stereocenters. The number of nitrogens with zero attached hydrogens (tertiary/aromatic N) is 3. The van der Waals surface area contributed by atoms with E-state index in [2.05, 4.69) is 11.1 Å². The second-order valence-electron chi connectivity index (χ2n) is 6.19. The molecule has 2 aromatic rings. The molecule has 0 spiro atoms. The van der Waals surface area contributed by atoms with Crippen LogP contribution in [0, 0.1) is 11.3 Å². The van der Waals surface area contributed by atoms with Gasteiger partial charge < -0.3 is 20.1 Å². The summed E-state index contributed by atoms with van der Waals surface area (Å²) < 4.78 is 10.6. The summed E-state index contributed by atoms with van der Waals surface area (Å²) in [6, 6.07) is 6.96. The lowest BCUT2D eigenvalue weighted by Crippen LogP contribution is -2.22. The molecular formula is C20H21ClN4O4. The van der Waals surface area contributed by atoms with Crippen LogP contribution in [-0.4, -0.2) is 49.2 Å². The average Bonchev–Trinajstić information content (AvgIpc) is 2.68. The first-order valence-electron chi connectivity index (χ1n) is 8.78. The smallest absolute Gasteiger partial charge is 0.404 e. The van der Waals surface area contributed by atoms with Gasteiger partial charge in [-0.25, -0.2) is 4.79 Å². The Morgan fingerprint density at radius 3 is 2.59 bits per heavy atom. The normalized spacial score (nSPS) is 10.2. The van der Waals surface area contributed by atoms with Crippen molar-refractivity contribution in [1.82, 2.24) is 9.88 Å². The molecule has 0 saturated heterocycles. The fraction of sp³-hybridized carbons (Fsp3) is 0.300. The Morgan fingerprint density at radius 2 is 2.07 bits per heavy atom. The summed E-state index contributed by atoms with van der Waals surface area (Å²) in [6.07, 6.45) is 0.907. The van der Waals surface area contributed by atoms with Gasteiger partial charge in [0.1, 0.15) is 17.5 Å². The lowest BCUT2D eigenvalue weighted by Gasteiger charge is -2.18. The number of ether oxygens (including phenoxy) is 2. The number of amides is 2. The number of halogens is 1. The van der Waals surface area contributed by atoms with Crippen LogP contribution >= 0.6 is 11.6 Å². The molecule has 0 aliphatic heterocycles. The second-order valence-corrected chi connectivity index (χ2v) is 6.60. The zero-order chi connectivity index (χ0) is 21.6. The molecule has 1 aromatic heterocycles. The van der Waals surface area contributed by atoms with E-state index < -0.39 is 6.09 Å². The van der Waals surface area contributed by atoms with Crippen molar-refractivity contribution in [1.29, 1.82) is 5.26 Å². The first-order valence-corrected chi connectivity index (χ1v) is 9.16. The van der Waals surface area contributed by atoms with Crippen molar-refractivity contribution >= 4 is 23.6 Å². The summed E-state index contributed by atoms with van der Waals surface area (Å²) >= 11 is 6.33. The molecule has 2 N–H and O–H groups in total. The van der Waals surface area contributed by atoms with Crippen LogP contribution in [0.15, 0.2) is 24.4 Å². The fourth-order valence-electron chi connectivity index (χ4n) is 2.72. The molecule has 152 valence electrons. The van der Waals surface area contributed by atoms with E-state index in [9.17, 15) is 14.9 Å². The molecule has 0 aliphatic rings. The van der Waals surface area contributed by atoms with Crippen molar-refractivity contribution in [2.45, 2.75) is 13.3 Å². The van der Waals surface area contributed by atoms with Gasteiger partial charge in [0, 0.05) is 37.8 Å². The molecule has 9 heteroatoms. The molecule has 0 aliphatic carbocycles. The fourth-order valence-corrected chi connectivity index (χ4v) is 2.99. The number of benzene rings is 1. The van der Waals surface area contributed by atoms with Gasteiger partial charge in [0.15, 0.2) is 0 Å². The summed E-state index contributed by atoms with van der Waals surface area (Å²) in [7, 11) is 3.27. The van der Waals surface area contributed by atoms with Gasteiger partial charge in [-0.2, -0.15) is 5.26 Å². The number of nitriles is 1. The maximum absolute atomic E-state index is 12.1. The van der Waals surface area contributed by atoms with Gasteiger partial charge in [-0.1, -0.05) is 17.7 Å². The number of pyridine rings is 1. The number of hydrogen-bond donors (Lipinski definition) is 1. The number of aromatic nitrogens is 1. The maximum atomic E-state index is 12.1. The standard InChI is InChI=1S/C20H21ClN4O4/c1-4-28-18-12(7-8-29-20(23)27)9-15(21)14(10-22)17(18)13-5-6-16(24-11-13)19(26)25(2)3/h5-6,9,11H,4,7-8H2,1-3H3,(H2,23,27). The molecule has 2 amide bonds. The lowest BCUT2D eigenvalue weighted by molar-refractivity contribution is 0.0822. The Labute approximate surface area is 173 Å². The number of rotatable bonds is 7. The predicted octanol–water partition coefficient (Wildman–Crippen LogP) is 3.01. The van der Waals surface area contributed by atoms with Gasteiger partial charge in [-0.3, -0.25) is 9.78 Å².